The van der Waals surface area contributed by atoms with Crippen molar-refractivity contribution in [3.8, 4) is 22.9 Å². The number of imidazole rings is 1. The lowest BCUT2D eigenvalue weighted by atomic mass is 10.2. The first-order valence-electron chi connectivity index (χ1n) is 6.35. The average molecular weight is 293 g/mol. The molecule has 2 rings (SSSR count). The van der Waals surface area contributed by atoms with Crippen molar-refractivity contribution in [1.29, 1.82) is 0 Å². The van der Waals surface area contributed by atoms with Crippen LogP contribution in [0, 0.1) is 0 Å². The number of aromatic nitrogens is 2. The third-order valence-electron chi connectivity index (χ3n) is 3.17. The first-order chi connectivity index (χ1) is 10.2. The summed E-state index contributed by atoms with van der Waals surface area (Å²) in [5.41, 5.74) is 7.31. The van der Waals surface area contributed by atoms with Crippen LogP contribution in [0.4, 0.5) is 0 Å². The summed E-state index contributed by atoms with van der Waals surface area (Å²) in [6, 6.07) is 3.05. The zero-order chi connectivity index (χ0) is 15.4. The van der Waals surface area contributed by atoms with Gasteiger partial charge in [-0.3, -0.25) is 0 Å². The lowest BCUT2D eigenvalue weighted by Crippen LogP contribution is -2.18. The second-order valence-corrected chi connectivity index (χ2v) is 4.36. The Morgan fingerprint density at radius 3 is 2.29 bits per heavy atom. The predicted molar refractivity (Wildman–Crippen MR) is 77.2 cm³/mol. The monoisotopic (exact) mass is 293 g/mol. The minimum absolute atomic E-state index is 0.171. The topological polar surface area (TPSA) is 91.8 Å². The normalized spacial score (nSPS) is 12.0. The lowest BCUT2D eigenvalue weighted by molar-refractivity contribution is 0.265. The van der Waals surface area contributed by atoms with E-state index in [1.807, 2.05) is 0 Å². The maximum Gasteiger partial charge on any atom is 0.203 e. The fourth-order valence-corrected chi connectivity index (χ4v) is 2.10. The van der Waals surface area contributed by atoms with Crippen LogP contribution >= 0.6 is 0 Å². The van der Waals surface area contributed by atoms with Gasteiger partial charge in [-0.15, -0.1) is 0 Å². The molecule has 0 fully saturated rings. The van der Waals surface area contributed by atoms with Crippen LogP contribution in [0.25, 0.3) is 5.69 Å². The zero-order valence-corrected chi connectivity index (χ0v) is 12.2. The molecule has 3 N–H and O–H groups in total. The highest BCUT2D eigenvalue weighted by Gasteiger charge is 2.17. The number of nitrogens with two attached hydrogens (primary N) is 1. The van der Waals surface area contributed by atoms with E-state index < -0.39 is 6.04 Å². The van der Waals surface area contributed by atoms with E-state index in [1.165, 1.54) is 0 Å². The SMILES string of the molecule is COc1cc(-n2cncc2C(N)CO)cc(OC)c1OC. The molecule has 7 nitrogen and oxygen atoms in total. The van der Waals surface area contributed by atoms with Gasteiger partial charge in [0, 0.05) is 12.1 Å². The number of aliphatic hydroxyl groups is 1. The van der Waals surface area contributed by atoms with E-state index in [0.717, 1.165) is 5.69 Å². The molecule has 21 heavy (non-hydrogen) atoms. The van der Waals surface area contributed by atoms with Crippen LogP contribution in [0.3, 0.4) is 0 Å². The van der Waals surface area contributed by atoms with Crippen molar-refractivity contribution in [1.82, 2.24) is 9.55 Å². The van der Waals surface area contributed by atoms with E-state index in [2.05, 4.69) is 4.98 Å². The van der Waals surface area contributed by atoms with Crippen molar-refractivity contribution < 1.29 is 19.3 Å². The average Bonchev–Trinajstić information content (AvgIpc) is 3.02. The number of nitrogens with zero attached hydrogens (tertiary/aromatic N) is 2. The maximum absolute atomic E-state index is 9.23. The summed E-state index contributed by atoms with van der Waals surface area (Å²) >= 11 is 0. The summed E-state index contributed by atoms with van der Waals surface area (Å²) in [6.07, 6.45) is 3.23. The number of rotatable bonds is 6. The summed E-state index contributed by atoms with van der Waals surface area (Å²) in [7, 11) is 4.65. The minimum Gasteiger partial charge on any atom is -0.493 e. The number of aliphatic hydroxyl groups excluding tert-OH is 1. The van der Waals surface area contributed by atoms with Gasteiger partial charge in [-0.25, -0.2) is 4.98 Å². The molecule has 1 heterocycles. The van der Waals surface area contributed by atoms with Crippen molar-refractivity contribution in [3.63, 3.8) is 0 Å². The Morgan fingerprint density at radius 2 is 1.81 bits per heavy atom. The Bertz CT molecular complexity index is 587. The predicted octanol–water partition coefficient (Wildman–Crippen LogP) is 0.890. The molecule has 1 aromatic heterocycles. The largest absolute Gasteiger partial charge is 0.493 e. The first-order valence-corrected chi connectivity index (χ1v) is 6.35. The summed E-state index contributed by atoms with van der Waals surface area (Å²) in [6.45, 7) is -0.171. The van der Waals surface area contributed by atoms with E-state index in [9.17, 15) is 5.11 Å². The second kappa shape index (κ2) is 6.47. The Labute approximate surface area is 122 Å². The molecule has 0 aliphatic carbocycles. The van der Waals surface area contributed by atoms with E-state index in [1.54, 1.807) is 50.6 Å². The molecular weight excluding hydrogens is 274 g/mol. The molecule has 0 spiro atoms. The molecule has 0 radical (unpaired) electrons. The third kappa shape index (κ3) is 2.79. The Balaban J connectivity index is 2.57. The second-order valence-electron chi connectivity index (χ2n) is 4.36. The lowest BCUT2D eigenvalue weighted by Gasteiger charge is -2.17. The fourth-order valence-electron chi connectivity index (χ4n) is 2.10. The molecular formula is C14H19N3O4. The van der Waals surface area contributed by atoms with E-state index in [-0.39, 0.29) is 6.61 Å². The van der Waals surface area contributed by atoms with Crippen LogP contribution in [-0.2, 0) is 0 Å². The fraction of sp³-hybridized carbons (Fsp3) is 0.357. The number of hydrogen-bond donors (Lipinski definition) is 2. The number of methoxy groups -OCH3 is 3. The van der Waals surface area contributed by atoms with Crippen LogP contribution in [0.1, 0.15) is 11.7 Å². The molecule has 1 aromatic carbocycles. The Hall–Kier alpha value is -2.25. The van der Waals surface area contributed by atoms with Gasteiger partial charge >= 0.3 is 0 Å². The highest BCUT2D eigenvalue weighted by atomic mass is 16.5. The highest BCUT2D eigenvalue weighted by Crippen LogP contribution is 2.39. The number of ether oxygens (including phenoxy) is 3. The van der Waals surface area contributed by atoms with Crippen LogP contribution in [-0.4, -0.2) is 42.6 Å². The molecule has 0 saturated carbocycles. The molecule has 0 saturated heterocycles. The molecule has 0 aliphatic heterocycles. The van der Waals surface area contributed by atoms with Crippen LogP contribution in [0.5, 0.6) is 17.2 Å². The number of hydrogen-bond acceptors (Lipinski definition) is 6. The van der Waals surface area contributed by atoms with Crippen molar-refractivity contribution in [3.05, 3.63) is 30.4 Å². The van der Waals surface area contributed by atoms with Crippen LogP contribution < -0.4 is 19.9 Å². The Morgan fingerprint density at radius 1 is 1.19 bits per heavy atom. The summed E-state index contributed by atoms with van der Waals surface area (Å²) in [4.78, 5) is 4.08. The molecule has 0 aliphatic rings. The van der Waals surface area contributed by atoms with Crippen molar-refractivity contribution in [2.45, 2.75) is 6.04 Å². The molecule has 0 bridgehead atoms. The van der Waals surface area contributed by atoms with Gasteiger partial charge in [0.1, 0.15) is 0 Å². The smallest absolute Gasteiger partial charge is 0.203 e. The van der Waals surface area contributed by atoms with Crippen molar-refractivity contribution >= 4 is 0 Å². The van der Waals surface area contributed by atoms with E-state index >= 15 is 0 Å². The molecule has 114 valence electrons. The van der Waals surface area contributed by atoms with Crippen molar-refractivity contribution in [2.75, 3.05) is 27.9 Å². The Kier molecular flexibility index (Phi) is 4.66. The van der Waals surface area contributed by atoms with E-state index in [4.69, 9.17) is 19.9 Å². The molecule has 2 aromatic rings. The highest BCUT2D eigenvalue weighted by molar-refractivity contribution is 5.58. The molecule has 0 amide bonds. The van der Waals surface area contributed by atoms with Gasteiger partial charge in [0.05, 0.1) is 57.9 Å². The summed E-state index contributed by atoms with van der Waals surface area (Å²) in [5.74, 6) is 1.57. The van der Waals surface area contributed by atoms with Gasteiger partial charge in [-0.1, -0.05) is 0 Å². The quantitative estimate of drug-likeness (QED) is 0.822. The van der Waals surface area contributed by atoms with Gasteiger partial charge in [0.25, 0.3) is 0 Å². The standard InChI is InChI=1S/C14H19N3O4/c1-19-12-4-9(5-13(20-2)14(12)21-3)17-8-16-6-11(17)10(15)7-18/h4-6,8,10,18H,7,15H2,1-3H3. The number of benzene rings is 1. The molecule has 1 atom stereocenters. The summed E-state index contributed by atoms with van der Waals surface area (Å²) in [5, 5.41) is 9.23. The zero-order valence-electron chi connectivity index (χ0n) is 12.2. The molecule has 7 heteroatoms. The first kappa shape index (κ1) is 15.1. The van der Waals surface area contributed by atoms with E-state index in [0.29, 0.717) is 22.9 Å². The van der Waals surface area contributed by atoms with Crippen LogP contribution in [0.2, 0.25) is 0 Å². The minimum atomic E-state index is -0.522. The summed E-state index contributed by atoms with van der Waals surface area (Å²) < 4.78 is 17.7. The van der Waals surface area contributed by atoms with Gasteiger partial charge in [0.2, 0.25) is 5.75 Å². The van der Waals surface area contributed by atoms with Gasteiger partial charge in [0.15, 0.2) is 11.5 Å². The van der Waals surface area contributed by atoms with Gasteiger partial charge in [-0.2, -0.15) is 0 Å². The van der Waals surface area contributed by atoms with Gasteiger partial charge < -0.3 is 29.6 Å². The van der Waals surface area contributed by atoms with Crippen molar-refractivity contribution in [2.24, 2.45) is 5.73 Å². The molecule has 1 unspecified atom stereocenters. The third-order valence-corrected chi connectivity index (χ3v) is 3.17. The van der Waals surface area contributed by atoms with Crippen LogP contribution in [0.15, 0.2) is 24.7 Å². The maximum atomic E-state index is 9.23. The van der Waals surface area contributed by atoms with Gasteiger partial charge in [-0.05, 0) is 0 Å².